The van der Waals surface area contributed by atoms with Crippen LogP contribution in [0, 0.1) is 5.95 Å². The summed E-state index contributed by atoms with van der Waals surface area (Å²) in [6.45, 7) is 0. The number of rotatable bonds is 2. The highest BCUT2D eigenvalue weighted by Gasteiger charge is 2.05. The van der Waals surface area contributed by atoms with Gasteiger partial charge in [-0.05, 0) is 23.8 Å². The van der Waals surface area contributed by atoms with Gasteiger partial charge in [0.1, 0.15) is 0 Å². The normalized spacial score (nSPS) is 9.93. The first kappa shape index (κ1) is 9.45. The Balaban J connectivity index is 2.51. The molecule has 15 heavy (non-hydrogen) atoms. The largest absolute Gasteiger partial charge is 0.298 e. The Labute approximate surface area is 85.6 Å². The molecular formula is C11H7FN2O. The van der Waals surface area contributed by atoms with E-state index in [-0.39, 0.29) is 5.56 Å². The summed E-state index contributed by atoms with van der Waals surface area (Å²) in [5, 5.41) is 0. The third-order valence-electron chi connectivity index (χ3n) is 2.01. The Bertz CT molecular complexity index is 485. The monoisotopic (exact) mass is 202 g/mol. The summed E-state index contributed by atoms with van der Waals surface area (Å²) >= 11 is 0. The lowest BCUT2D eigenvalue weighted by Crippen LogP contribution is -1.92. The molecule has 0 N–H and O–H groups in total. The van der Waals surface area contributed by atoms with E-state index in [0.717, 1.165) is 5.56 Å². The molecule has 2 rings (SSSR count). The summed E-state index contributed by atoms with van der Waals surface area (Å²) in [5.41, 5.74) is 1.51. The Kier molecular flexibility index (Phi) is 2.49. The van der Waals surface area contributed by atoms with E-state index < -0.39 is 5.95 Å². The SMILES string of the molecule is O=Cc1cc(-c2ccncc2)cnc1F. The number of nitrogens with zero attached hydrogens (tertiary/aromatic N) is 2. The van der Waals surface area contributed by atoms with Crippen LogP contribution in [0.3, 0.4) is 0 Å². The summed E-state index contributed by atoms with van der Waals surface area (Å²) in [7, 11) is 0. The lowest BCUT2D eigenvalue weighted by molar-refractivity contribution is 0.111. The number of carbonyl (C=O) groups excluding carboxylic acids is 1. The van der Waals surface area contributed by atoms with Crippen LogP contribution in [0.25, 0.3) is 11.1 Å². The zero-order valence-electron chi connectivity index (χ0n) is 7.72. The van der Waals surface area contributed by atoms with E-state index in [2.05, 4.69) is 9.97 Å². The lowest BCUT2D eigenvalue weighted by atomic mass is 10.1. The van der Waals surface area contributed by atoms with E-state index in [1.54, 1.807) is 24.5 Å². The van der Waals surface area contributed by atoms with Gasteiger partial charge in [0.2, 0.25) is 5.95 Å². The smallest absolute Gasteiger partial charge is 0.223 e. The van der Waals surface area contributed by atoms with Crippen LogP contribution >= 0.6 is 0 Å². The molecule has 0 aliphatic rings. The van der Waals surface area contributed by atoms with Gasteiger partial charge in [0.05, 0.1) is 5.56 Å². The molecule has 0 saturated heterocycles. The van der Waals surface area contributed by atoms with Gasteiger partial charge in [-0.1, -0.05) is 0 Å². The standard InChI is InChI=1S/C11H7FN2O/c12-11-10(7-15)5-9(6-14-11)8-1-3-13-4-2-8/h1-7H. The summed E-state index contributed by atoms with van der Waals surface area (Å²) in [6.07, 6.45) is 5.09. The average Bonchev–Trinajstić information content (AvgIpc) is 2.31. The van der Waals surface area contributed by atoms with E-state index in [1.165, 1.54) is 12.3 Å². The van der Waals surface area contributed by atoms with Crippen LogP contribution in [0.15, 0.2) is 36.8 Å². The van der Waals surface area contributed by atoms with Crippen molar-refractivity contribution in [3.8, 4) is 11.1 Å². The zero-order chi connectivity index (χ0) is 10.7. The maximum absolute atomic E-state index is 12.9. The average molecular weight is 202 g/mol. The summed E-state index contributed by atoms with van der Waals surface area (Å²) in [6, 6.07) is 5.00. The fraction of sp³-hybridized carbons (Fsp3) is 0. The van der Waals surface area contributed by atoms with Gasteiger partial charge in [-0.2, -0.15) is 4.39 Å². The van der Waals surface area contributed by atoms with Crippen LogP contribution in [-0.2, 0) is 0 Å². The van der Waals surface area contributed by atoms with Crippen LogP contribution in [0.5, 0.6) is 0 Å². The van der Waals surface area contributed by atoms with Gasteiger partial charge in [-0.3, -0.25) is 9.78 Å². The number of halogens is 1. The molecule has 0 spiro atoms. The third kappa shape index (κ3) is 1.88. The minimum absolute atomic E-state index is 0.0377. The molecule has 74 valence electrons. The fourth-order valence-corrected chi connectivity index (χ4v) is 1.25. The zero-order valence-corrected chi connectivity index (χ0v) is 7.72. The first-order valence-corrected chi connectivity index (χ1v) is 4.32. The Hall–Kier alpha value is -2.10. The second-order valence-electron chi connectivity index (χ2n) is 2.96. The summed E-state index contributed by atoms with van der Waals surface area (Å²) in [4.78, 5) is 17.9. The van der Waals surface area contributed by atoms with E-state index in [9.17, 15) is 9.18 Å². The van der Waals surface area contributed by atoms with Gasteiger partial charge in [-0.25, -0.2) is 4.98 Å². The highest BCUT2D eigenvalue weighted by molar-refractivity contribution is 5.78. The molecule has 3 nitrogen and oxygen atoms in total. The predicted octanol–water partition coefficient (Wildman–Crippen LogP) is 2.10. The molecular weight excluding hydrogens is 195 g/mol. The van der Waals surface area contributed by atoms with Crippen molar-refractivity contribution >= 4 is 6.29 Å². The third-order valence-corrected chi connectivity index (χ3v) is 2.01. The Morgan fingerprint density at radius 1 is 1.20 bits per heavy atom. The van der Waals surface area contributed by atoms with E-state index >= 15 is 0 Å². The molecule has 0 unspecified atom stereocenters. The highest BCUT2D eigenvalue weighted by Crippen LogP contribution is 2.18. The van der Waals surface area contributed by atoms with E-state index in [0.29, 0.717) is 11.8 Å². The second-order valence-corrected chi connectivity index (χ2v) is 2.96. The van der Waals surface area contributed by atoms with Crippen LogP contribution < -0.4 is 0 Å². The van der Waals surface area contributed by atoms with Gasteiger partial charge < -0.3 is 0 Å². The van der Waals surface area contributed by atoms with Crippen molar-refractivity contribution in [1.29, 1.82) is 0 Å². The Morgan fingerprint density at radius 2 is 1.93 bits per heavy atom. The van der Waals surface area contributed by atoms with Gasteiger partial charge >= 0.3 is 0 Å². The molecule has 0 amide bonds. The van der Waals surface area contributed by atoms with Crippen molar-refractivity contribution in [3.63, 3.8) is 0 Å². The van der Waals surface area contributed by atoms with E-state index in [4.69, 9.17) is 0 Å². The maximum Gasteiger partial charge on any atom is 0.223 e. The molecule has 0 fully saturated rings. The number of aldehydes is 1. The van der Waals surface area contributed by atoms with Crippen molar-refractivity contribution in [2.45, 2.75) is 0 Å². The molecule has 4 heteroatoms. The first-order valence-electron chi connectivity index (χ1n) is 4.32. The number of aromatic nitrogens is 2. The van der Waals surface area contributed by atoms with Gasteiger partial charge in [0.15, 0.2) is 6.29 Å². The molecule has 0 aliphatic heterocycles. The Morgan fingerprint density at radius 3 is 2.60 bits per heavy atom. The van der Waals surface area contributed by atoms with Gasteiger partial charge in [0.25, 0.3) is 0 Å². The minimum Gasteiger partial charge on any atom is -0.298 e. The van der Waals surface area contributed by atoms with Crippen LogP contribution in [0.2, 0.25) is 0 Å². The van der Waals surface area contributed by atoms with Crippen molar-refractivity contribution in [3.05, 3.63) is 48.3 Å². The topological polar surface area (TPSA) is 42.9 Å². The molecule has 0 radical (unpaired) electrons. The van der Waals surface area contributed by atoms with Gasteiger partial charge in [0, 0.05) is 24.2 Å². The number of hydrogen-bond acceptors (Lipinski definition) is 3. The van der Waals surface area contributed by atoms with Crippen LogP contribution in [0.1, 0.15) is 10.4 Å². The van der Waals surface area contributed by atoms with Crippen LogP contribution in [-0.4, -0.2) is 16.3 Å². The van der Waals surface area contributed by atoms with E-state index in [1.807, 2.05) is 0 Å². The highest BCUT2D eigenvalue weighted by atomic mass is 19.1. The molecule has 0 atom stereocenters. The van der Waals surface area contributed by atoms with Crippen molar-refractivity contribution in [2.24, 2.45) is 0 Å². The van der Waals surface area contributed by atoms with Crippen LogP contribution in [0.4, 0.5) is 4.39 Å². The van der Waals surface area contributed by atoms with Crippen molar-refractivity contribution in [1.82, 2.24) is 9.97 Å². The number of pyridine rings is 2. The summed E-state index contributed by atoms with van der Waals surface area (Å²) in [5.74, 6) is -0.747. The molecule has 2 aromatic heterocycles. The van der Waals surface area contributed by atoms with Gasteiger partial charge in [-0.15, -0.1) is 0 Å². The number of carbonyl (C=O) groups is 1. The molecule has 0 aromatic carbocycles. The molecule has 0 saturated carbocycles. The molecule has 2 heterocycles. The second kappa shape index (κ2) is 3.96. The van der Waals surface area contributed by atoms with Crippen molar-refractivity contribution in [2.75, 3.05) is 0 Å². The fourth-order valence-electron chi connectivity index (χ4n) is 1.25. The number of hydrogen-bond donors (Lipinski definition) is 0. The molecule has 2 aromatic rings. The summed E-state index contributed by atoms with van der Waals surface area (Å²) < 4.78 is 12.9. The predicted molar refractivity (Wildman–Crippen MR) is 52.8 cm³/mol. The molecule has 0 bridgehead atoms. The van der Waals surface area contributed by atoms with Crippen molar-refractivity contribution < 1.29 is 9.18 Å². The molecule has 0 aliphatic carbocycles. The minimum atomic E-state index is -0.747. The first-order chi connectivity index (χ1) is 7.31. The maximum atomic E-state index is 12.9. The lowest BCUT2D eigenvalue weighted by Gasteiger charge is -2.01. The quantitative estimate of drug-likeness (QED) is 0.553.